The first kappa shape index (κ1) is 9.91. The summed E-state index contributed by atoms with van der Waals surface area (Å²) in [6.45, 7) is 2.42. The van der Waals surface area contributed by atoms with Crippen molar-refractivity contribution in [3.63, 3.8) is 0 Å². The molecular formula is C3H8AlI2NO. The second-order valence-electron chi connectivity index (χ2n) is 1.77. The van der Waals surface area contributed by atoms with Gasteiger partial charge in [0, 0.05) is 52.3 Å². The zero-order valence-electron chi connectivity index (χ0n) is 4.64. The van der Waals surface area contributed by atoms with Crippen molar-refractivity contribution >= 4 is 61.2 Å². The third-order valence-electron chi connectivity index (χ3n) is 0.761. The van der Waals surface area contributed by atoms with Crippen LogP contribution < -0.4 is 0 Å². The van der Waals surface area contributed by atoms with Gasteiger partial charge in [0.2, 0.25) is 0 Å². The predicted molar refractivity (Wildman–Crippen MR) is 53.5 cm³/mol. The molecular weight excluding hydrogens is 347 g/mol. The highest BCUT2D eigenvalue weighted by atomic mass is 127. The molecule has 0 bridgehead atoms. The fraction of sp³-hybridized carbons (Fsp3) is 1.00. The van der Waals surface area contributed by atoms with Crippen molar-refractivity contribution in [1.82, 2.24) is 0.310 Å². The van der Waals surface area contributed by atoms with Crippen molar-refractivity contribution in [2.24, 2.45) is 0 Å². The Morgan fingerprint density at radius 1 is 1.75 bits per heavy atom. The van der Waals surface area contributed by atoms with E-state index >= 15 is 0 Å². The normalized spacial score (nSPS) is 14.1. The van der Waals surface area contributed by atoms with E-state index < -0.39 is 0 Å². The summed E-state index contributed by atoms with van der Waals surface area (Å²) >= 11 is 4.33. The average molecular weight is 355 g/mol. The molecule has 0 aliphatic heterocycles. The van der Waals surface area contributed by atoms with Crippen molar-refractivity contribution < 1.29 is 5.11 Å². The third kappa shape index (κ3) is 6.04. The lowest BCUT2D eigenvalue weighted by atomic mass is 10.5. The third-order valence-corrected chi connectivity index (χ3v) is 4.28. The van der Waals surface area contributed by atoms with Gasteiger partial charge in [-0.2, -0.15) is 0 Å². The van der Waals surface area contributed by atoms with Crippen molar-refractivity contribution in [3.05, 3.63) is 0 Å². The molecule has 0 saturated heterocycles. The number of rotatable bonds is 3. The molecule has 48 valence electrons. The molecule has 0 rings (SSSR count). The van der Waals surface area contributed by atoms with E-state index in [1.54, 1.807) is 0 Å². The number of halogens is 2. The van der Waals surface area contributed by atoms with Crippen LogP contribution in [0.5, 0.6) is 0 Å². The van der Waals surface area contributed by atoms with E-state index in [9.17, 15) is 0 Å². The maximum absolute atomic E-state index is 8.59. The lowest BCUT2D eigenvalue weighted by molar-refractivity contribution is 0.293. The van der Waals surface area contributed by atoms with Gasteiger partial charge in [0.1, 0.15) is 0 Å². The number of aliphatic hydroxyl groups is 1. The van der Waals surface area contributed by atoms with Gasteiger partial charge >= 0.3 is 15.4 Å². The number of hydrogen-bond acceptors (Lipinski definition) is 2. The van der Waals surface area contributed by atoms with E-state index in [-0.39, 0.29) is 15.4 Å². The number of nitrogens with zero attached hydrogens (tertiary/aromatic N) is 1. The van der Waals surface area contributed by atoms with E-state index in [1.807, 2.05) is 0 Å². The molecule has 0 fully saturated rings. The molecule has 8 heavy (non-hydrogen) atoms. The zero-order valence-corrected chi connectivity index (χ0v) is 10.4. The van der Waals surface area contributed by atoms with Gasteiger partial charge < -0.3 is 5.11 Å². The molecule has 0 aliphatic carbocycles. The lowest BCUT2D eigenvalue weighted by Crippen LogP contribution is -2.12. The molecule has 1 N–H and O–H groups in total. The molecule has 5 heteroatoms. The quantitative estimate of drug-likeness (QED) is 0.467. The molecule has 0 saturated carbocycles. The number of aliphatic hydroxyl groups excluding tert-OH is 1. The Labute approximate surface area is 83.9 Å². The molecule has 0 aliphatic rings. The maximum Gasteiger partial charge on any atom is 0.380 e. The maximum atomic E-state index is 8.59. The van der Waals surface area contributed by atoms with E-state index in [4.69, 9.17) is 5.11 Å². The summed E-state index contributed by atoms with van der Waals surface area (Å²) in [4.78, 5) is 0. The molecule has 2 nitrogen and oxygen atoms in total. The summed E-state index contributed by atoms with van der Waals surface area (Å²) in [5.41, 5.74) is 0. The molecule has 0 aromatic heterocycles. The van der Waals surface area contributed by atoms with Crippen molar-refractivity contribution in [2.45, 2.75) is 11.7 Å². The smallest absolute Gasteiger partial charge is 0.380 e. The van der Waals surface area contributed by atoms with Gasteiger partial charge in [0.25, 0.3) is 0 Å². The van der Waals surface area contributed by atoms with Crippen molar-refractivity contribution in [1.29, 1.82) is 0 Å². The van der Waals surface area contributed by atoms with E-state index in [0.29, 0.717) is 11.4 Å². The van der Waals surface area contributed by atoms with Crippen LogP contribution in [0.25, 0.3) is 0 Å². The zero-order chi connectivity index (χ0) is 6.57. The summed E-state index contributed by atoms with van der Waals surface area (Å²) < 4.78 is 2.68. The highest BCUT2D eigenvalue weighted by Gasteiger charge is 2.07. The standard InChI is InChI=1S/C3H7O.Al.I2N.H/c1-2-3-4;;1-3-2;/h2,4H,3H2,1H3;;;/q;+1;-1;. The Bertz CT molecular complexity index is 63.2. The predicted octanol–water partition coefficient (Wildman–Crippen LogP) is 1.14. The molecule has 1 unspecified atom stereocenters. The van der Waals surface area contributed by atoms with Gasteiger partial charge in [0.15, 0.2) is 0 Å². The van der Waals surface area contributed by atoms with Gasteiger partial charge in [-0.25, -0.2) is 0 Å². The van der Waals surface area contributed by atoms with Crippen LogP contribution in [-0.4, -0.2) is 27.5 Å². The largest absolute Gasteiger partial charge is 0.397 e. The molecule has 0 heterocycles. The second kappa shape index (κ2) is 5.68. The monoisotopic (exact) mass is 355 g/mol. The van der Waals surface area contributed by atoms with Crippen LogP contribution in [0, 0.1) is 0 Å². The summed E-state index contributed by atoms with van der Waals surface area (Å²) in [6, 6.07) is 0. The molecule has 1 atom stereocenters. The number of hydrogen-bond donors (Lipinski definition) is 1. The van der Waals surface area contributed by atoms with E-state index in [0.717, 1.165) is 0 Å². The Kier molecular flexibility index (Phi) is 7.04. The SMILES string of the molecule is C[CH](CO)[AlH][N](I)I. The van der Waals surface area contributed by atoms with Gasteiger partial charge in [-0.1, -0.05) is 6.92 Å². The Hall–Kier alpha value is 1.91. The average Bonchev–Trinajstić information content (AvgIpc) is 1.65. The van der Waals surface area contributed by atoms with Gasteiger partial charge in [-0.15, -0.1) is 0 Å². The highest BCUT2D eigenvalue weighted by molar-refractivity contribution is 14.2. The Morgan fingerprint density at radius 3 is 2.38 bits per heavy atom. The second-order valence-corrected chi connectivity index (χ2v) is 10.9. The molecule has 0 spiro atoms. The van der Waals surface area contributed by atoms with Gasteiger partial charge in [-0.3, -0.25) is 0.310 Å². The first-order chi connectivity index (χ1) is 3.66. The van der Waals surface area contributed by atoms with Crippen LogP contribution in [0.2, 0.25) is 4.78 Å². The Morgan fingerprint density at radius 2 is 2.25 bits per heavy atom. The van der Waals surface area contributed by atoms with Crippen molar-refractivity contribution in [2.75, 3.05) is 6.61 Å². The first-order valence-electron chi connectivity index (χ1n) is 2.36. The van der Waals surface area contributed by atoms with Crippen LogP contribution in [-0.2, 0) is 0 Å². The van der Waals surface area contributed by atoms with Crippen LogP contribution >= 0.6 is 45.7 Å². The van der Waals surface area contributed by atoms with Gasteiger partial charge in [0.05, 0.1) is 0 Å². The van der Waals surface area contributed by atoms with Gasteiger partial charge in [-0.05, 0) is 4.78 Å². The lowest BCUT2D eigenvalue weighted by Gasteiger charge is -2.06. The summed E-state index contributed by atoms with van der Waals surface area (Å²) in [5, 5.41) is 8.59. The topological polar surface area (TPSA) is 23.5 Å². The fourth-order valence-electron chi connectivity index (χ4n) is 0.293. The van der Waals surface area contributed by atoms with Crippen LogP contribution in [0.4, 0.5) is 0 Å². The van der Waals surface area contributed by atoms with Crippen LogP contribution in [0.3, 0.4) is 0 Å². The molecule has 0 aromatic carbocycles. The minimum Gasteiger partial charge on any atom is -0.397 e. The summed E-state index contributed by atoms with van der Waals surface area (Å²) in [6.07, 6.45) is 0. The van der Waals surface area contributed by atoms with E-state index in [2.05, 4.69) is 53.0 Å². The van der Waals surface area contributed by atoms with Crippen molar-refractivity contribution in [3.8, 4) is 0 Å². The summed E-state index contributed by atoms with van der Waals surface area (Å²) in [5.74, 6) is 0. The Balaban J connectivity index is 3.10. The first-order valence-corrected chi connectivity index (χ1v) is 5.74. The molecule has 0 amide bonds. The summed E-state index contributed by atoms with van der Waals surface area (Å²) in [7, 11) is 0. The molecule has 0 aromatic rings. The van der Waals surface area contributed by atoms with E-state index in [1.165, 1.54) is 0 Å². The van der Waals surface area contributed by atoms with Crippen LogP contribution in [0.1, 0.15) is 6.92 Å². The minimum absolute atomic E-state index is 0.173. The minimum atomic E-state index is -0.173. The molecule has 0 radical (unpaired) electrons. The van der Waals surface area contributed by atoms with Crippen LogP contribution in [0.15, 0.2) is 0 Å². The fourth-order valence-corrected chi connectivity index (χ4v) is 4.91. The highest BCUT2D eigenvalue weighted by Crippen LogP contribution is 2.10.